The van der Waals surface area contributed by atoms with Crippen LogP contribution in [0.4, 0.5) is 5.82 Å². The van der Waals surface area contributed by atoms with E-state index in [1.54, 1.807) is 36.9 Å². The summed E-state index contributed by atoms with van der Waals surface area (Å²) < 4.78 is 11.4. The van der Waals surface area contributed by atoms with Crippen LogP contribution in [-0.4, -0.2) is 24.2 Å². The highest BCUT2D eigenvalue weighted by Crippen LogP contribution is 2.46. The number of aromatic nitrogens is 2. The molecule has 0 aliphatic heterocycles. The van der Waals surface area contributed by atoms with E-state index < -0.39 is 0 Å². The third-order valence-electron chi connectivity index (χ3n) is 5.10. The number of aryl methyl sites for hydroxylation is 1. The van der Waals surface area contributed by atoms with Crippen molar-refractivity contribution in [1.82, 2.24) is 9.97 Å². The van der Waals surface area contributed by atoms with E-state index in [2.05, 4.69) is 41.2 Å². The molecule has 1 atom stereocenters. The van der Waals surface area contributed by atoms with Gasteiger partial charge in [0.2, 0.25) is 0 Å². The van der Waals surface area contributed by atoms with Crippen molar-refractivity contribution in [1.29, 1.82) is 0 Å². The number of rotatable bonds is 6. The Morgan fingerprint density at radius 1 is 1.03 bits per heavy atom. The van der Waals surface area contributed by atoms with Crippen molar-refractivity contribution in [3.05, 3.63) is 51.5 Å². The number of hydrogen-bond acceptors (Lipinski definition) is 8. The van der Waals surface area contributed by atoms with E-state index in [9.17, 15) is 0 Å². The van der Waals surface area contributed by atoms with Crippen molar-refractivity contribution in [3.63, 3.8) is 0 Å². The number of nitrogens with zero attached hydrogens (tertiary/aromatic N) is 2. The van der Waals surface area contributed by atoms with Crippen LogP contribution in [0.1, 0.15) is 34.0 Å². The van der Waals surface area contributed by atoms with Gasteiger partial charge in [-0.05, 0) is 31.2 Å². The topological polar surface area (TPSA) is 96.3 Å². The van der Waals surface area contributed by atoms with Gasteiger partial charge in [0, 0.05) is 43.6 Å². The highest BCUT2D eigenvalue weighted by molar-refractivity contribution is 7.22. The Balaban J connectivity index is 1.88. The van der Waals surface area contributed by atoms with Gasteiger partial charge in [0.15, 0.2) is 11.5 Å². The lowest BCUT2D eigenvalue weighted by Gasteiger charge is -2.20. The predicted octanol–water partition coefficient (Wildman–Crippen LogP) is 4.94. The molecule has 4 rings (SSSR count). The summed E-state index contributed by atoms with van der Waals surface area (Å²) in [5, 5.41) is 0.808. The molecule has 4 N–H and O–H groups in total. The summed E-state index contributed by atoms with van der Waals surface area (Å²) >= 11 is 3.48. The second-order valence-electron chi connectivity index (χ2n) is 6.97. The van der Waals surface area contributed by atoms with Gasteiger partial charge in [-0.25, -0.2) is 9.97 Å². The molecule has 0 saturated heterocycles. The first-order chi connectivity index (χ1) is 14.5. The van der Waals surface area contributed by atoms with E-state index in [0.29, 0.717) is 29.7 Å². The molecule has 0 fully saturated rings. The summed E-state index contributed by atoms with van der Waals surface area (Å²) in [4.78, 5) is 13.8. The third kappa shape index (κ3) is 3.51. The average Bonchev–Trinajstić information content (AvgIpc) is 3.40. The van der Waals surface area contributed by atoms with Gasteiger partial charge in [-0.3, -0.25) is 0 Å². The van der Waals surface area contributed by atoms with E-state index in [-0.39, 0.29) is 5.92 Å². The molecule has 30 heavy (non-hydrogen) atoms. The van der Waals surface area contributed by atoms with Crippen LogP contribution in [0.15, 0.2) is 30.3 Å². The first-order valence-corrected chi connectivity index (χ1v) is 11.2. The molecule has 1 aromatic carbocycles. The number of anilines is 1. The quantitative estimate of drug-likeness (QED) is 0.441. The van der Waals surface area contributed by atoms with Crippen molar-refractivity contribution in [3.8, 4) is 21.3 Å². The zero-order valence-electron chi connectivity index (χ0n) is 17.4. The van der Waals surface area contributed by atoms with Crippen LogP contribution in [0, 0.1) is 6.92 Å². The molecule has 0 amide bonds. The van der Waals surface area contributed by atoms with Gasteiger partial charge in [-0.15, -0.1) is 22.7 Å². The molecule has 0 bridgehead atoms. The molecular formula is C22H24N4O2S2. The van der Waals surface area contributed by atoms with Crippen LogP contribution >= 0.6 is 22.7 Å². The predicted molar refractivity (Wildman–Crippen MR) is 125 cm³/mol. The molecule has 0 radical (unpaired) electrons. The molecule has 8 heteroatoms. The number of methoxy groups -OCH3 is 2. The Morgan fingerprint density at radius 3 is 2.43 bits per heavy atom. The highest BCUT2D eigenvalue weighted by Gasteiger charge is 2.25. The Labute approximate surface area is 183 Å². The standard InChI is InChI=1S/C22H24N4O2S2/c1-11(16-7-8-18(30-16)17-6-5-13(10-23)29-17)19-20-14(25-12(2)26-22(20)24)9-15(27-3)21(19)28-4/h5-9,11H,10,23H2,1-4H3,(H2,24,25,26). The monoisotopic (exact) mass is 440 g/mol. The Morgan fingerprint density at radius 2 is 1.77 bits per heavy atom. The molecule has 0 spiro atoms. The number of ether oxygens (including phenoxy) is 2. The normalized spacial score (nSPS) is 12.3. The molecule has 0 saturated carbocycles. The molecule has 156 valence electrons. The molecular weight excluding hydrogens is 416 g/mol. The minimum atomic E-state index is 0.0128. The van der Waals surface area contributed by atoms with Crippen LogP contribution in [0.5, 0.6) is 11.5 Å². The van der Waals surface area contributed by atoms with Crippen molar-refractivity contribution < 1.29 is 9.47 Å². The van der Waals surface area contributed by atoms with Crippen LogP contribution < -0.4 is 20.9 Å². The van der Waals surface area contributed by atoms with E-state index in [0.717, 1.165) is 16.5 Å². The van der Waals surface area contributed by atoms with Gasteiger partial charge in [-0.1, -0.05) is 6.92 Å². The highest BCUT2D eigenvalue weighted by atomic mass is 32.1. The smallest absolute Gasteiger partial charge is 0.165 e. The number of benzene rings is 1. The maximum absolute atomic E-state index is 6.35. The van der Waals surface area contributed by atoms with Crippen molar-refractivity contribution in [2.75, 3.05) is 20.0 Å². The lowest BCUT2D eigenvalue weighted by atomic mass is 9.93. The average molecular weight is 441 g/mol. The Bertz CT molecular complexity index is 1220. The Kier molecular flexibility index (Phi) is 5.64. The van der Waals surface area contributed by atoms with Gasteiger partial charge < -0.3 is 20.9 Å². The van der Waals surface area contributed by atoms with Crippen LogP contribution in [-0.2, 0) is 6.54 Å². The zero-order valence-corrected chi connectivity index (χ0v) is 19.0. The summed E-state index contributed by atoms with van der Waals surface area (Å²) in [5.41, 5.74) is 13.8. The van der Waals surface area contributed by atoms with Crippen LogP contribution in [0.3, 0.4) is 0 Å². The van der Waals surface area contributed by atoms with Crippen molar-refractivity contribution in [2.24, 2.45) is 5.73 Å². The van der Waals surface area contributed by atoms with Gasteiger partial charge in [0.05, 0.1) is 25.1 Å². The number of fused-ring (bicyclic) bond motifs is 1. The largest absolute Gasteiger partial charge is 0.493 e. The summed E-state index contributed by atoms with van der Waals surface area (Å²) in [6.45, 7) is 4.54. The fraction of sp³-hybridized carbons (Fsp3) is 0.273. The number of nitrogen functional groups attached to an aromatic ring is 1. The molecule has 0 aliphatic rings. The SMILES string of the molecule is COc1cc2nc(C)nc(N)c2c(C(C)c2ccc(-c3ccc(CN)s3)s2)c1OC. The van der Waals surface area contributed by atoms with E-state index in [4.69, 9.17) is 20.9 Å². The van der Waals surface area contributed by atoms with Crippen molar-refractivity contribution in [2.45, 2.75) is 26.3 Å². The first kappa shape index (κ1) is 20.6. The molecule has 0 aliphatic carbocycles. The number of nitrogens with two attached hydrogens (primary N) is 2. The summed E-state index contributed by atoms with van der Waals surface area (Å²) in [7, 11) is 3.27. The second kappa shape index (κ2) is 8.22. The summed E-state index contributed by atoms with van der Waals surface area (Å²) in [6, 6.07) is 10.4. The maximum atomic E-state index is 6.35. The second-order valence-corrected chi connectivity index (χ2v) is 9.25. The lowest BCUT2D eigenvalue weighted by molar-refractivity contribution is 0.352. The zero-order chi connectivity index (χ0) is 21.4. The van der Waals surface area contributed by atoms with Gasteiger partial charge in [0.25, 0.3) is 0 Å². The summed E-state index contributed by atoms with van der Waals surface area (Å²) in [6.07, 6.45) is 0. The number of hydrogen-bond donors (Lipinski definition) is 2. The van der Waals surface area contributed by atoms with E-state index in [1.165, 1.54) is 19.5 Å². The minimum absolute atomic E-state index is 0.0128. The van der Waals surface area contributed by atoms with E-state index >= 15 is 0 Å². The van der Waals surface area contributed by atoms with Gasteiger partial charge in [0.1, 0.15) is 11.6 Å². The van der Waals surface area contributed by atoms with Gasteiger partial charge >= 0.3 is 0 Å². The Hall–Kier alpha value is -2.68. The molecule has 3 aromatic heterocycles. The van der Waals surface area contributed by atoms with Gasteiger partial charge in [-0.2, -0.15) is 0 Å². The fourth-order valence-electron chi connectivity index (χ4n) is 3.69. The molecule has 1 unspecified atom stereocenters. The number of thiophene rings is 2. The minimum Gasteiger partial charge on any atom is -0.493 e. The van der Waals surface area contributed by atoms with Crippen LogP contribution in [0.2, 0.25) is 0 Å². The lowest BCUT2D eigenvalue weighted by Crippen LogP contribution is -2.06. The molecule has 3 heterocycles. The van der Waals surface area contributed by atoms with E-state index in [1.807, 2.05) is 13.0 Å². The fourth-order valence-corrected chi connectivity index (χ4v) is 5.73. The maximum Gasteiger partial charge on any atom is 0.165 e. The summed E-state index contributed by atoms with van der Waals surface area (Å²) in [5.74, 6) is 2.37. The van der Waals surface area contributed by atoms with Crippen molar-refractivity contribution >= 4 is 39.4 Å². The first-order valence-electron chi connectivity index (χ1n) is 9.54. The van der Waals surface area contributed by atoms with Crippen LogP contribution in [0.25, 0.3) is 20.7 Å². The molecule has 4 aromatic rings. The molecule has 6 nitrogen and oxygen atoms in total. The third-order valence-corrected chi connectivity index (χ3v) is 7.67.